The van der Waals surface area contributed by atoms with Crippen molar-refractivity contribution in [3.05, 3.63) is 70.5 Å². The molecule has 0 radical (unpaired) electrons. The van der Waals surface area contributed by atoms with Gasteiger partial charge in [0.05, 0.1) is 12.7 Å². The number of benzene rings is 2. The Morgan fingerprint density at radius 2 is 1.81 bits per heavy atom. The number of aromatic nitrogens is 4. The first-order valence-corrected chi connectivity index (χ1v) is 8.70. The predicted molar refractivity (Wildman–Crippen MR) is 101 cm³/mol. The Kier molecular flexibility index (Phi) is 5.55. The normalized spacial score (nSPS) is 11.9. The molecule has 2 aromatic carbocycles. The van der Waals surface area contributed by atoms with Crippen LogP contribution >= 0.6 is 12.2 Å². The maximum atomic E-state index is 11.6. The lowest BCUT2D eigenvalue weighted by Crippen LogP contribution is -3.07. The van der Waals surface area contributed by atoms with E-state index in [0.717, 1.165) is 17.8 Å². The Balaban J connectivity index is 1.67. The van der Waals surface area contributed by atoms with Crippen LogP contribution in [-0.2, 0) is 13.2 Å². The van der Waals surface area contributed by atoms with Gasteiger partial charge in [-0.05, 0) is 46.9 Å². The number of nitrogens with one attached hydrogen (secondary N) is 2. The summed E-state index contributed by atoms with van der Waals surface area (Å²) in [6, 6.07) is 17.3. The van der Waals surface area contributed by atoms with E-state index >= 15 is 0 Å². The van der Waals surface area contributed by atoms with Crippen molar-refractivity contribution in [2.75, 3.05) is 14.1 Å². The number of carbonyl (C=O) groups is 1. The van der Waals surface area contributed by atoms with Gasteiger partial charge in [0, 0.05) is 18.2 Å². The quantitative estimate of drug-likeness (QED) is 0.632. The first-order valence-electron chi connectivity index (χ1n) is 8.29. The van der Waals surface area contributed by atoms with E-state index in [0.29, 0.717) is 17.0 Å². The van der Waals surface area contributed by atoms with Gasteiger partial charge in [-0.1, -0.05) is 30.3 Å². The van der Waals surface area contributed by atoms with Crippen molar-refractivity contribution in [3.8, 4) is 5.69 Å². The minimum Gasteiger partial charge on any atom is -0.355 e. The molecule has 0 aliphatic rings. The number of tetrazole rings is 1. The third-order valence-electron chi connectivity index (χ3n) is 4.01. The molecule has 0 aliphatic carbocycles. The molecule has 0 bridgehead atoms. The molecule has 2 N–H and O–H groups in total. The maximum Gasteiger partial charge on any atom is 0.251 e. The summed E-state index contributed by atoms with van der Waals surface area (Å²) < 4.78 is 3.93. The monoisotopic (exact) mass is 369 g/mol. The molecule has 0 spiro atoms. The van der Waals surface area contributed by atoms with Gasteiger partial charge in [0.25, 0.3) is 5.91 Å². The van der Waals surface area contributed by atoms with Crippen LogP contribution in [-0.4, -0.2) is 39.8 Å². The summed E-state index contributed by atoms with van der Waals surface area (Å²) in [5.74, 6) is -0.0823. The second-order valence-corrected chi connectivity index (χ2v) is 6.44. The van der Waals surface area contributed by atoms with Crippen LogP contribution in [0.25, 0.3) is 5.69 Å². The number of hydrogen-bond donors (Lipinski definition) is 2. The summed E-state index contributed by atoms with van der Waals surface area (Å²) in [6.07, 6.45) is 0. The summed E-state index contributed by atoms with van der Waals surface area (Å²) in [6.45, 7) is 1.39. The first kappa shape index (κ1) is 18.0. The first-order chi connectivity index (χ1) is 12.6. The molecule has 1 unspecified atom stereocenters. The van der Waals surface area contributed by atoms with E-state index in [-0.39, 0.29) is 5.91 Å². The van der Waals surface area contributed by atoms with Crippen LogP contribution in [0.3, 0.4) is 0 Å². The Morgan fingerprint density at radius 3 is 2.46 bits per heavy atom. The highest BCUT2D eigenvalue weighted by Gasteiger charge is 2.11. The molecule has 1 aromatic heterocycles. The van der Waals surface area contributed by atoms with Gasteiger partial charge in [-0.15, -0.1) is 0 Å². The SMILES string of the molecule is CNC(=O)c1ccc(C[NH+](C)Cn2nnn(-c3ccccc3)c2=S)cc1. The molecule has 134 valence electrons. The van der Waals surface area contributed by atoms with Gasteiger partial charge in [-0.25, -0.2) is 0 Å². The topological polar surface area (TPSA) is 69.2 Å². The molecule has 3 rings (SSSR count). The van der Waals surface area contributed by atoms with Crippen LogP contribution in [0, 0.1) is 4.77 Å². The van der Waals surface area contributed by atoms with Crippen LogP contribution in [0.2, 0.25) is 0 Å². The Hall–Kier alpha value is -2.84. The summed E-state index contributed by atoms with van der Waals surface area (Å²) in [5, 5.41) is 10.9. The summed E-state index contributed by atoms with van der Waals surface area (Å²) in [4.78, 5) is 12.8. The average molecular weight is 369 g/mol. The van der Waals surface area contributed by atoms with E-state index in [4.69, 9.17) is 12.2 Å². The third kappa shape index (κ3) is 4.04. The second kappa shape index (κ2) is 8.03. The van der Waals surface area contributed by atoms with Gasteiger partial charge >= 0.3 is 0 Å². The molecule has 1 amide bonds. The van der Waals surface area contributed by atoms with Crippen molar-refractivity contribution in [1.29, 1.82) is 0 Å². The number of carbonyl (C=O) groups excluding carboxylic acids is 1. The number of quaternary nitrogens is 1. The molecule has 1 heterocycles. The summed E-state index contributed by atoms with van der Waals surface area (Å²) in [7, 11) is 3.69. The van der Waals surface area contributed by atoms with Crippen LogP contribution in [0.5, 0.6) is 0 Å². The van der Waals surface area contributed by atoms with Crippen LogP contribution < -0.4 is 10.2 Å². The van der Waals surface area contributed by atoms with Gasteiger partial charge < -0.3 is 10.2 Å². The van der Waals surface area contributed by atoms with E-state index in [2.05, 4.69) is 22.8 Å². The third-order valence-corrected chi connectivity index (χ3v) is 4.39. The molecule has 26 heavy (non-hydrogen) atoms. The summed E-state index contributed by atoms with van der Waals surface area (Å²) in [5.41, 5.74) is 2.69. The number of nitrogens with zero attached hydrogens (tertiary/aromatic N) is 4. The highest BCUT2D eigenvalue weighted by Crippen LogP contribution is 2.05. The van der Waals surface area contributed by atoms with Gasteiger partial charge in [0.2, 0.25) is 4.77 Å². The van der Waals surface area contributed by atoms with E-state index in [1.807, 2.05) is 54.6 Å². The summed E-state index contributed by atoms with van der Waals surface area (Å²) >= 11 is 5.49. The number of para-hydroxylation sites is 1. The molecular weight excluding hydrogens is 348 g/mol. The lowest BCUT2D eigenvalue weighted by atomic mass is 10.1. The zero-order valence-corrected chi connectivity index (χ0v) is 15.5. The molecule has 0 fully saturated rings. The minimum absolute atomic E-state index is 0.0823. The van der Waals surface area contributed by atoms with Crippen molar-refractivity contribution in [3.63, 3.8) is 0 Å². The fourth-order valence-corrected chi connectivity index (χ4v) is 2.93. The van der Waals surface area contributed by atoms with E-state index in [9.17, 15) is 4.79 Å². The zero-order chi connectivity index (χ0) is 18.5. The van der Waals surface area contributed by atoms with Crippen molar-refractivity contribution in [2.45, 2.75) is 13.2 Å². The average Bonchev–Trinajstić information content (AvgIpc) is 3.02. The maximum absolute atomic E-state index is 11.6. The molecule has 3 aromatic rings. The largest absolute Gasteiger partial charge is 0.355 e. The van der Waals surface area contributed by atoms with E-state index in [1.165, 1.54) is 4.90 Å². The highest BCUT2D eigenvalue weighted by molar-refractivity contribution is 7.71. The number of hydrogen-bond acceptors (Lipinski definition) is 4. The smallest absolute Gasteiger partial charge is 0.251 e. The Morgan fingerprint density at radius 1 is 1.12 bits per heavy atom. The molecule has 8 heteroatoms. The van der Waals surface area contributed by atoms with Crippen molar-refractivity contribution in [1.82, 2.24) is 25.1 Å². The number of rotatable bonds is 6. The fraction of sp³-hybridized carbons (Fsp3) is 0.222. The predicted octanol–water partition coefficient (Wildman–Crippen LogP) is 0.830. The molecule has 0 aliphatic heterocycles. The molecule has 0 saturated carbocycles. The Labute approximate surface area is 156 Å². The van der Waals surface area contributed by atoms with E-state index in [1.54, 1.807) is 16.4 Å². The van der Waals surface area contributed by atoms with Gasteiger partial charge in [0.1, 0.15) is 6.54 Å². The highest BCUT2D eigenvalue weighted by atomic mass is 32.1. The van der Waals surface area contributed by atoms with Gasteiger partial charge in [0.15, 0.2) is 6.67 Å². The van der Waals surface area contributed by atoms with Crippen LogP contribution in [0.15, 0.2) is 54.6 Å². The van der Waals surface area contributed by atoms with Gasteiger partial charge in [-0.3, -0.25) is 4.79 Å². The van der Waals surface area contributed by atoms with Crippen molar-refractivity contribution >= 4 is 18.1 Å². The molecular formula is C18H21N6OS+. The van der Waals surface area contributed by atoms with Crippen LogP contribution in [0.4, 0.5) is 0 Å². The van der Waals surface area contributed by atoms with E-state index < -0.39 is 0 Å². The Bertz CT molecular complexity index is 932. The minimum atomic E-state index is -0.0823. The molecule has 1 atom stereocenters. The molecule has 0 saturated heterocycles. The lowest BCUT2D eigenvalue weighted by molar-refractivity contribution is -0.917. The van der Waals surface area contributed by atoms with Crippen molar-refractivity contribution in [2.24, 2.45) is 0 Å². The molecule has 7 nitrogen and oxygen atoms in total. The van der Waals surface area contributed by atoms with Gasteiger partial charge in [-0.2, -0.15) is 9.36 Å². The number of amides is 1. The lowest BCUT2D eigenvalue weighted by Gasteiger charge is -2.13. The fourth-order valence-electron chi connectivity index (χ4n) is 2.68. The zero-order valence-electron chi connectivity index (χ0n) is 14.7. The standard InChI is InChI=1S/C18H20N6OS/c1-19-17(25)15-10-8-14(9-11-15)12-22(2)13-23-18(26)24(21-20-23)16-6-4-3-5-7-16/h3-11H,12-13H2,1-2H3,(H,19,25)/p+1. The second-order valence-electron chi connectivity index (χ2n) is 6.08. The van der Waals surface area contributed by atoms with Crippen LogP contribution in [0.1, 0.15) is 15.9 Å². The van der Waals surface area contributed by atoms with Crippen molar-refractivity contribution < 1.29 is 9.69 Å².